The number of hydrogen-bond donors (Lipinski definition) is 1. The first-order valence-corrected chi connectivity index (χ1v) is 16.7. The maximum atomic E-state index is 5.76. The van der Waals surface area contributed by atoms with E-state index in [1.165, 1.54) is 44.9 Å². The summed E-state index contributed by atoms with van der Waals surface area (Å²) in [6.45, 7) is 7.96. The van der Waals surface area contributed by atoms with Crippen LogP contribution < -0.4 is 5.73 Å². The molecule has 0 saturated heterocycles. The topological polar surface area (TPSA) is 26.0 Å². The van der Waals surface area contributed by atoms with E-state index in [0.717, 1.165) is 6.54 Å². The molecule has 17 heavy (non-hydrogen) atoms. The maximum absolute atomic E-state index is 5.76. The summed E-state index contributed by atoms with van der Waals surface area (Å²) in [5.41, 5.74) is 5.76. The van der Waals surface area contributed by atoms with Crippen molar-refractivity contribution in [3.8, 4) is 0 Å². The zero-order valence-electron chi connectivity index (χ0n) is 12.5. The molecule has 0 aromatic heterocycles. The molecule has 0 rings (SSSR count). The average molecular weight is 438 g/mol. The van der Waals surface area contributed by atoms with Gasteiger partial charge in [0.2, 0.25) is 0 Å². The minimum atomic E-state index is -1.75. The van der Waals surface area contributed by atoms with E-state index in [0.29, 0.717) is 0 Å². The molecule has 0 bridgehead atoms. The molecule has 0 heterocycles. The van der Waals surface area contributed by atoms with Gasteiger partial charge in [0.1, 0.15) is 0 Å². The Morgan fingerprint density at radius 1 is 0.647 bits per heavy atom. The van der Waals surface area contributed by atoms with Crippen LogP contribution in [-0.2, 0) is 0 Å². The van der Waals surface area contributed by atoms with Gasteiger partial charge in [-0.15, -0.1) is 0 Å². The molecule has 0 aromatic carbocycles. The predicted octanol–water partition coefficient (Wildman–Crippen LogP) is 5.18. The van der Waals surface area contributed by atoms with E-state index < -0.39 is 20.6 Å². The van der Waals surface area contributed by atoms with E-state index in [1.807, 2.05) is 0 Å². The molecule has 2 N–H and O–H groups in total. The van der Waals surface area contributed by atoms with Crippen molar-refractivity contribution in [2.24, 2.45) is 5.73 Å². The van der Waals surface area contributed by atoms with Crippen molar-refractivity contribution in [3.63, 3.8) is 0 Å². The van der Waals surface area contributed by atoms with E-state index in [9.17, 15) is 0 Å². The Kier molecular flexibility index (Phi) is 12.5. The minimum absolute atomic E-state index is 0.919. The van der Waals surface area contributed by atoms with Crippen molar-refractivity contribution in [1.29, 1.82) is 0 Å². The summed E-state index contributed by atoms with van der Waals surface area (Å²) in [6.07, 6.45) is 9.96. The van der Waals surface area contributed by atoms with E-state index in [4.69, 9.17) is 5.73 Å². The average Bonchev–Trinajstić information content (AvgIpc) is 2.37. The number of rotatable bonds is 12. The third-order valence-corrected chi connectivity index (χ3v) is 21.5. The van der Waals surface area contributed by atoms with Crippen molar-refractivity contribution in [1.82, 2.24) is 0 Å². The molecule has 0 saturated carbocycles. The first-order chi connectivity index (χ1) is 8.24. The van der Waals surface area contributed by atoms with Gasteiger partial charge in [0.25, 0.3) is 0 Å². The van der Waals surface area contributed by atoms with Gasteiger partial charge in [0.05, 0.1) is 0 Å². The Balaban J connectivity index is 4.39. The molecule has 0 amide bonds. The van der Waals surface area contributed by atoms with Crippen LogP contribution in [0.5, 0.6) is 0 Å². The molecule has 0 radical (unpaired) electrons. The first kappa shape index (κ1) is 17.9. The fourth-order valence-electron chi connectivity index (χ4n) is 2.35. The van der Waals surface area contributed by atoms with Gasteiger partial charge in [-0.1, -0.05) is 0 Å². The van der Waals surface area contributed by atoms with Gasteiger partial charge < -0.3 is 0 Å². The van der Waals surface area contributed by atoms with Crippen molar-refractivity contribution in [3.05, 3.63) is 0 Å². The van der Waals surface area contributed by atoms with Crippen LogP contribution in [0.4, 0.5) is 0 Å². The zero-order valence-corrected chi connectivity index (χ0v) is 15.6. The fourth-order valence-corrected chi connectivity index (χ4v) is 20.7. The van der Waals surface area contributed by atoms with Gasteiger partial charge in [-0.2, -0.15) is 0 Å². The van der Waals surface area contributed by atoms with Gasteiger partial charge in [0.15, 0.2) is 0 Å². The van der Waals surface area contributed by atoms with Crippen molar-refractivity contribution in [2.45, 2.75) is 82.0 Å². The van der Waals surface area contributed by atoms with Crippen LogP contribution in [0.1, 0.15) is 65.7 Å². The van der Waals surface area contributed by atoms with Crippen molar-refractivity contribution >= 4 is 20.6 Å². The Morgan fingerprint density at radius 3 is 1.29 bits per heavy atom. The molecular formula is C15H35NPo. The molecule has 0 unspecified atom stereocenters. The van der Waals surface area contributed by atoms with Crippen LogP contribution in [0.15, 0.2) is 0 Å². The number of hydrogen-bond acceptors (Lipinski definition) is 1. The molecule has 0 spiro atoms. The first-order valence-electron chi connectivity index (χ1n) is 7.68. The molecule has 106 valence electrons. The zero-order chi connectivity index (χ0) is 13.0. The second-order valence-electron chi connectivity index (χ2n) is 5.24. The second kappa shape index (κ2) is 11.9. The Labute approximate surface area is 114 Å². The number of unbranched alkanes of at least 4 members (excludes halogenated alkanes) is 3. The van der Waals surface area contributed by atoms with Gasteiger partial charge in [0, 0.05) is 0 Å². The van der Waals surface area contributed by atoms with Crippen molar-refractivity contribution < 1.29 is 0 Å². The van der Waals surface area contributed by atoms with E-state index in [2.05, 4.69) is 20.8 Å². The van der Waals surface area contributed by atoms with E-state index in [-0.39, 0.29) is 0 Å². The van der Waals surface area contributed by atoms with Crippen LogP contribution in [0.3, 0.4) is 0 Å². The van der Waals surface area contributed by atoms with Gasteiger partial charge >= 0.3 is 115 Å². The van der Waals surface area contributed by atoms with Crippen LogP contribution in [0.25, 0.3) is 0 Å². The molecule has 0 aliphatic rings. The summed E-state index contributed by atoms with van der Waals surface area (Å²) in [7, 11) is 0. The normalized spacial score (nSPS) is 12.9. The standard InChI is InChI=1S/3C4H9.C3H8N.Po/c3*1-3-4-2;1-2-3-4;/h3*1,3-4H2,2H3;1-4H2;. The Bertz CT molecular complexity index is 121. The molecule has 0 aromatic rings. The van der Waals surface area contributed by atoms with Crippen molar-refractivity contribution in [2.75, 3.05) is 6.54 Å². The molecule has 0 fully saturated rings. The molecule has 0 aliphatic heterocycles. The molecule has 0 atom stereocenters. The second-order valence-corrected chi connectivity index (χ2v) is 21.1. The molecule has 2 heteroatoms. The predicted molar refractivity (Wildman–Crippen MR) is 83.4 cm³/mol. The Hall–Kier alpha value is 0.856. The summed E-state index contributed by atoms with van der Waals surface area (Å²) >= 11 is -1.75. The van der Waals surface area contributed by atoms with Gasteiger partial charge in [-0.05, 0) is 0 Å². The molecule has 1 nitrogen and oxygen atoms in total. The molecular weight excluding hydrogens is 403 g/mol. The third-order valence-electron chi connectivity index (χ3n) is 3.57. The molecule has 0 aliphatic carbocycles. The third kappa shape index (κ3) is 8.55. The summed E-state index contributed by atoms with van der Waals surface area (Å²) in [4.78, 5) is 0. The Morgan fingerprint density at radius 2 is 1.00 bits per heavy atom. The summed E-state index contributed by atoms with van der Waals surface area (Å²) in [5, 5.41) is 0. The summed E-state index contributed by atoms with van der Waals surface area (Å²) in [5.74, 6) is 0. The monoisotopic (exact) mass is 438 g/mol. The van der Waals surface area contributed by atoms with Crippen LogP contribution in [0, 0.1) is 0 Å². The van der Waals surface area contributed by atoms with Crippen LogP contribution in [0.2, 0.25) is 16.3 Å². The van der Waals surface area contributed by atoms with Gasteiger partial charge in [-0.25, -0.2) is 0 Å². The van der Waals surface area contributed by atoms with E-state index >= 15 is 0 Å². The van der Waals surface area contributed by atoms with Crippen LogP contribution in [-0.4, -0.2) is 27.1 Å². The van der Waals surface area contributed by atoms with E-state index in [1.54, 1.807) is 16.3 Å². The summed E-state index contributed by atoms with van der Waals surface area (Å²) < 4.78 is 6.50. The SMILES string of the molecule is CCC[CH2][Po]([CH2]CCC)([CH2]CCC)[CH2]CCN. The quantitative estimate of drug-likeness (QED) is 0.446. The summed E-state index contributed by atoms with van der Waals surface area (Å²) in [6, 6.07) is 0. The number of nitrogens with two attached hydrogens (primary N) is 1. The fraction of sp³-hybridized carbons (Fsp3) is 1.00. The van der Waals surface area contributed by atoms with Gasteiger partial charge in [-0.3, -0.25) is 0 Å². The van der Waals surface area contributed by atoms with Crippen LogP contribution >= 0.6 is 0 Å².